The summed E-state index contributed by atoms with van der Waals surface area (Å²) in [7, 11) is -2.19. The molecule has 0 saturated carbocycles. The zero-order valence-electron chi connectivity index (χ0n) is 10.1. The number of rotatable bonds is 5. The fraction of sp³-hybridized carbons (Fsp3) is 0.364. The zero-order chi connectivity index (χ0) is 13.9. The van der Waals surface area contributed by atoms with Crippen LogP contribution in [0.2, 0.25) is 0 Å². The minimum Gasteiger partial charge on any atom is -0.392 e. The van der Waals surface area contributed by atoms with Crippen LogP contribution >= 0.6 is 12.2 Å². The van der Waals surface area contributed by atoms with Crippen molar-refractivity contribution in [3.8, 4) is 0 Å². The molecule has 0 fully saturated rings. The van der Waals surface area contributed by atoms with Gasteiger partial charge in [-0.05, 0) is 24.6 Å². The lowest BCUT2D eigenvalue weighted by Gasteiger charge is -2.21. The van der Waals surface area contributed by atoms with Gasteiger partial charge in [-0.2, -0.15) is 0 Å². The first-order valence-electron chi connectivity index (χ1n) is 5.24. The second-order valence-electron chi connectivity index (χ2n) is 3.98. The number of sulfonamides is 1. The molecule has 1 unspecified atom stereocenters. The molecule has 1 rings (SSSR count). The number of halogens is 1. The molecule has 18 heavy (non-hydrogen) atoms. The van der Waals surface area contributed by atoms with E-state index >= 15 is 0 Å². The van der Waals surface area contributed by atoms with Crippen LogP contribution in [-0.4, -0.2) is 30.0 Å². The van der Waals surface area contributed by atoms with Crippen LogP contribution in [0.4, 0.5) is 4.39 Å². The molecule has 1 aromatic carbocycles. The Morgan fingerprint density at radius 1 is 1.56 bits per heavy atom. The van der Waals surface area contributed by atoms with Crippen LogP contribution in [0.3, 0.4) is 0 Å². The molecule has 0 radical (unpaired) electrons. The second-order valence-corrected chi connectivity index (χ2v) is 6.81. The third-order valence-corrected chi connectivity index (χ3v) is 5.22. The quantitative estimate of drug-likeness (QED) is 0.829. The van der Waals surface area contributed by atoms with Crippen molar-refractivity contribution in [2.45, 2.75) is 18.7 Å². The van der Waals surface area contributed by atoms with E-state index in [1.54, 1.807) is 6.07 Å². The van der Waals surface area contributed by atoms with Crippen LogP contribution in [0.15, 0.2) is 24.3 Å². The average Bonchev–Trinajstić information content (AvgIpc) is 2.27. The molecule has 4 nitrogen and oxygen atoms in total. The van der Waals surface area contributed by atoms with E-state index in [2.05, 4.69) is 12.2 Å². The molecular weight excluding hydrogens is 275 g/mol. The summed E-state index contributed by atoms with van der Waals surface area (Å²) in [6.45, 7) is 1.51. The SMILES string of the molecule is CC(C(N)=S)S(=O)(=O)N(C)Cc1cccc(F)c1. The maximum Gasteiger partial charge on any atom is 0.223 e. The monoisotopic (exact) mass is 290 g/mol. The highest BCUT2D eigenvalue weighted by Gasteiger charge is 2.27. The summed E-state index contributed by atoms with van der Waals surface area (Å²) in [6.07, 6.45) is 0. The van der Waals surface area contributed by atoms with Crippen LogP contribution in [-0.2, 0) is 16.6 Å². The minimum absolute atomic E-state index is 0.0764. The Labute approximate surface area is 112 Å². The van der Waals surface area contributed by atoms with Crippen LogP contribution in [0.25, 0.3) is 0 Å². The number of hydrogen-bond donors (Lipinski definition) is 1. The van der Waals surface area contributed by atoms with Crippen molar-refractivity contribution in [2.75, 3.05) is 7.05 Å². The van der Waals surface area contributed by atoms with E-state index in [1.807, 2.05) is 0 Å². The molecule has 0 amide bonds. The first-order valence-corrected chi connectivity index (χ1v) is 7.15. The first kappa shape index (κ1) is 15.0. The Morgan fingerprint density at radius 2 is 2.17 bits per heavy atom. The summed E-state index contributed by atoms with van der Waals surface area (Å²) in [5.41, 5.74) is 5.91. The molecule has 1 aromatic rings. The van der Waals surface area contributed by atoms with Crippen molar-refractivity contribution in [3.63, 3.8) is 0 Å². The normalized spacial score (nSPS) is 13.6. The third-order valence-electron chi connectivity index (χ3n) is 2.58. The maximum absolute atomic E-state index is 13.0. The third kappa shape index (κ3) is 3.47. The number of nitrogens with two attached hydrogens (primary N) is 1. The number of thiocarbonyl (C=S) groups is 1. The minimum atomic E-state index is -3.60. The van der Waals surface area contributed by atoms with Gasteiger partial charge in [-0.1, -0.05) is 24.4 Å². The van der Waals surface area contributed by atoms with Gasteiger partial charge in [0.05, 0.1) is 4.99 Å². The predicted molar refractivity (Wildman–Crippen MR) is 73.0 cm³/mol. The van der Waals surface area contributed by atoms with Gasteiger partial charge in [0.15, 0.2) is 0 Å². The molecule has 0 aromatic heterocycles. The smallest absolute Gasteiger partial charge is 0.223 e. The van der Waals surface area contributed by atoms with E-state index in [0.29, 0.717) is 5.56 Å². The highest BCUT2D eigenvalue weighted by Crippen LogP contribution is 2.13. The van der Waals surface area contributed by atoms with Crippen molar-refractivity contribution < 1.29 is 12.8 Å². The molecule has 7 heteroatoms. The standard InChI is InChI=1S/C11H15FN2O2S2/c1-8(11(13)17)18(15,16)14(2)7-9-4-3-5-10(12)6-9/h3-6,8H,7H2,1-2H3,(H2,13,17). The summed E-state index contributed by atoms with van der Waals surface area (Å²) in [5.74, 6) is -0.402. The number of benzene rings is 1. The Morgan fingerprint density at radius 3 is 2.67 bits per heavy atom. The van der Waals surface area contributed by atoms with Gasteiger partial charge in [0.2, 0.25) is 10.0 Å². The van der Waals surface area contributed by atoms with Crippen LogP contribution in [0.5, 0.6) is 0 Å². The number of hydrogen-bond acceptors (Lipinski definition) is 3. The van der Waals surface area contributed by atoms with Crippen molar-refractivity contribution in [1.29, 1.82) is 0 Å². The molecule has 0 saturated heterocycles. The summed E-state index contributed by atoms with van der Waals surface area (Å²) < 4.78 is 38.2. The molecule has 0 spiro atoms. The summed E-state index contributed by atoms with van der Waals surface area (Å²) >= 11 is 4.68. The van der Waals surface area contributed by atoms with Crippen molar-refractivity contribution in [1.82, 2.24) is 4.31 Å². The molecule has 0 heterocycles. The molecule has 0 aliphatic rings. The Hall–Kier alpha value is -1.05. The highest BCUT2D eigenvalue weighted by molar-refractivity contribution is 7.92. The zero-order valence-corrected chi connectivity index (χ0v) is 11.8. The van der Waals surface area contributed by atoms with Crippen molar-refractivity contribution >= 4 is 27.2 Å². The maximum atomic E-state index is 13.0. The summed E-state index contributed by atoms with van der Waals surface area (Å²) in [4.78, 5) is -0.0823. The van der Waals surface area contributed by atoms with Crippen LogP contribution < -0.4 is 5.73 Å². The van der Waals surface area contributed by atoms with Gasteiger partial charge in [0.25, 0.3) is 0 Å². The van der Waals surface area contributed by atoms with Gasteiger partial charge in [-0.15, -0.1) is 0 Å². The molecule has 2 N–H and O–H groups in total. The lowest BCUT2D eigenvalue weighted by atomic mass is 10.2. The van der Waals surface area contributed by atoms with Crippen molar-refractivity contribution in [2.24, 2.45) is 5.73 Å². The van der Waals surface area contributed by atoms with E-state index in [-0.39, 0.29) is 11.5 Å². The van der Waals surface area contributed by atoms with E-state index < -0.39 is 21.1 Å². The van der Waals surface area contributed by atoms with Gasteiger partial charge >= 0.3 is 0 Å². The van der Waals surface area contributed by atoms with Gasteiger partial charge < -0.3 is 5.73 Å². The van der Waals surface area contributed by atoms with E-state index in [1.165, 1.54) is 32.2 Å². The van der Waals surface area contributed by atoms with Gasteiger partial charge in [-0.3, -0.25) is 0 Å². The van der Waals surface area contributed by atoms with Crippen LogP contribution in [0, 0.1) is 5.82 Å². The fourth-order valence-electron chi connectivity index (χ4n) is 1.40. The van der Waals surface area contributed by atoms with Gasteiger partial charge in [0.1, 0.15) is 11.1 Å². The van der Waals surface area contributed by atoms with E-state index in [9.17, 15) is 12.8 Å². The van der Waals surface area contributed by atoms with E-state index in [4.69, 9.17) is 5.73 Å². The molecule has 0 bridgehead atoms. The number of nitrogens with zero attached hydrogens (tertiary/aromatic N) is 1. The van der Waals surface area contributed by atoms with Gasteiger partial charge in [0, 0.05) is 13.6 Å². The predicted octanol–water partition coefficient (Wildman–Crippen LogP) is 1.26. The average molecular weight is 290 g/mol. The Balaban J connectivity index is 2.89. The topological polar surface area (TPSA) is 63.4 Å². The lowest BCUT2D eigenvalue weighted by Crippen LogP contribution is -2.40. The van der Waals surface area contributed by atoms with Gasteiger partial charge in [-0.25, -0.2) is 17.1 Å². The largest absolute Gasteiger partial charge is 0.392 e. The van der Waals surface area contributed by atoms with Crippen LogP contribution in [0.1, 0.15) is 12.5 Å². The molecule has 1 atom stereocenters. The molecular formula is C11H15FN2O2S2. The van der Waals surface area contributed by atoms with Crippen molar-refractivity contribution in [3.05, 3.63) is 35.6 Å². The fourth-order valence-corrected chi connectivity index (χ4v) is 2.93. The summed E-state index contributed by atoms with van der Waals surface area (Å²) in [6, 6.07) is 5.77. The Bertz CT molecular complexity index is 546. The molecule has 0 aliphatic carbocycles. The Kier molecular flexibility index (Phi) is 4.78. The molecule has 0 aliphatic heterocycles. The first-order chi connectivity index (χ1) is 8.25. The lowest BCUT2D eigenvalue weighted by molar-refractivity contribution is 0.463. The highest BCUT2D eigenvalue weighted by atomic mass is 32.2. The summed E-state index contributed by atoms with van der Waals surface area (Å²) in [5, 5.41) is -0.939. The van der Waals surface area contributed by atoms with E-state index in [0.717, 1.165) is 4.31 Å². The molecule has 100 valence electrons. The second kappa shape index (κ2) is 5.73.